The molecule has 0 bridgehead atoms. The molecule has 17 nitrogen and oxygen atoms in total. The summed E-state index contributed by atoms with van der Waals surface area (Å²) < 4.78 is 15.9. The Morgan fingerprint density at radius 3 is 0.452 bits per heavy atom. The standard InChI is InChI=1S/C15H32O10.C10H22O7/c16-1-13(2-17,3-18)9-24-11-15(7-22,8-23)12-25-10-14(4-19,5-20)6-21;11-1-9(2-12,3-13)7-17-8-10(4-14,5-15)6-16/h16-23H,1-12H2;11-16H,1-8H2. The van der Waals surface area contributed by atoms with Gasteiger partial charge in [0, 0.05) is 0 Å². The topological polar surface area (TPSA) is 311 Å². The molecule has 0 fully saturated rings. The largest absolute Gasteiger partial charge is 0.396 e. The molecule has 14 N–H and O–H groups in total. The maximum absolute atomic E-state index is 9.56. The van der Waals surface area contributed by atoms with Crippen LogP contribution in [0, 0.1) is 27.1 Å². The summed E-state index contributed by atoms with van der Waals surface area (Å²) in [5.41, 5.74) is -6.01. The van der Waals surface area contributed by atoms with E-state index < -0.39 is 120 Å². The number of ether oxygens (including phenoxy) is 3. The molecule has 0 saturated carbocycles. The predicted molar refractivity (Wildman–Crippen MR) is 144 cm³/mol. The number of aliphatic hydroxyl groups is 14. The average Bonchev–Trinajstić information content (AvgIpc) is 3.06. The van der Waals surface area contributed by atoms with E-state index in [1.165, 1.54) is 0 Å². The highest BCUT2D eigenvalue weighted by Crippen LogP contribution is 2.23. The first-order valence-electron chi connectivity index (χ1n) is 13.2. The van der Waals surface area contributed by atoms with Crippen molar-refractivity contribution in [1.82, 2.24) is 0 Å². The van der Waals surface area contributed by atoms with Crippen LogP contribution >= 0.6 is 0 Å². The molecular weight excluding hydrogens is 572 g/mol. The number of aliphatic hydroxyl groups excluding tert-OH is 14. The first kappa shape index (κ1) is 43.4. The third-order valence-corrected chi connectivity index (χ3v) is 7.15. The van der Waals surface area contributed by atoms with Crippen molar-refractivity contribution in [3.8, 4) is 0 Å². The molecule has 256 valence electrons. The first-order valence-corrected chi connectivity index (χ1v) is 13.2. The van der Waals surface area contributed by atoms with Crippen molar-refractivity contribution in [3.05, 3.63) is 0 Å². The molecule has 0 aliphatic heterocycles. The third kappa shape index (κ3) is 13.5. The lowest BCUT2D eigenvalue weighted by atomic mass is 9.90. The molecule has 0 aromatic heterocycles. The van der Waals surface area contributed by atoms with Crippen molar-refractivity contribution in [2.75, 3.05) is 132 Å². The molecule has 0 aliphatic rings. The quantitative estimate of drug-likeness (QED) is 0.0424. The summed E-state index contributed by atoms with van der Waals surface area (Å²) in [5.74, 6) is 0. The van der Waals surface area contributed by atoms with Crippen molar-refractivity contribution in [1.29, 1.82) is 0 Å². The van der Waals surface area contributed by atoms with E-state index in [4.69, 9.17) is 44.8 Å². The van der Waals surface area contributed by atoms with Crippen LogP contribution in [0.5, 0.6) is 0 Å². The normalized spacial score (nSPS) is 13.3. The monoisotopic (exact) mass is 626 g/mol. The summed E-state index contributed by atoms with van der Waals surface area (Å²) in [7, 11) is 0. The molecule has 0 amide bonds. The van der Waals surface area contributed by atoms with Crippen LogP contribution in [0.4, 0.5) is 0 Å². The Balaban J connectivity index is 0. The molecule has 0 aliphatic carbocycles. The fraction of sp³-hybridized carbons (Fsp3) is 1.00. The van der Waals surface area contributed by atoms with Gasteiger partial charge in [0.2, 0.25) is 0 Å². The van der Waals surface area contributed by atoms with Gasteiger partial charge in [-0.05, 0) is 0 Å². The van der Waals surface area contributed by atoms with E-state index in [2.05, 4.69) is 0 Å². The SMILES string of the molecule is OCC(CO)(CO)COCC(CO)(CO)CO.OCC(CO)(CO)COCC(CO)(CO)COCC(CO)(CO)CO. The van der Waals surface area contributed by atoms with E-state index in [1.54, 1.807) is 0 Å². The molecule has 0 radical (unpaired) electrons. The summed E-state index contributed by atoms with van der Waals surface area (Å²) >= 11 is 0. The zero-order chi connectivity index (χ0) is 32.8. The minimum absolute atomic E-state index is 0.141. The summed E-state index contributed by atoms with van der Waals surface area (Å²) in [4.78, 5) is 0. The van der Waals surface area contributed by atoms with Crippen LogP contribution < -0.4 is 0 Å². The highest BCUT2D eigenvalue weighted by molar-refractivity contribution is 4.83. The molecule has 0 aromatic rings. The van der Waals surface area contributed by atoms with Gasteiger partial charge >= 0.3 is 0 Å². The second kappa shape index (κ2) is 22.8. The average molecular weight is 627 g/mol. The molecule has 0 heterocycles. The van der Waals surface area contributed by atoms with Gasteiger partial charge in [0.15, 0.2) is 0 Å². The minimum atomic E-state index is -1.24. The van der Waals surface area contributed by atoms with E-state index in [1.807, 2.05) is 0 Å². The Morgan fingerprint density at radius 1 is 0.214 bits per heavy atom. The van der Waals surface area contributed by atoms with Gasteiger partial charge in [0.25, 0.3) is 0 Å². The first-order chi connectivity index (χ1) is 20.0. The van der Waals surface area contributed by atoms with Crippen molar-refractivity contribution in [2.24, 2.45) is 27.1 Å². The van der Waals surface area contributed by atoms with Crippen molar-refractivity contribution >= 4 is 0 Å². The Morgan fingerprint density at radius 2 is 0.333 bits per heavy atom. The van der Waals surface area contributed by atoms with Gasteiger partial charge in [-0.2, -0.15) is 0 Å². The summed E-state index contributed by atoms with van der Waals surface area (Å²) in [6.07, 6.45) is 0. The highest BCUT2D eigenvalue weighted by Gasteiger charge is 2.36. The van der Waals surface area contributed by atoms with E-state index >= 15 is 0 Å². The molecule has 42 heavy (non-hydrogen) atoms. The summed E-state index contributed by atoms with van der Waals surface area (Å²) in [6.45, 7) is -7.83. The molecule has 0 spiro atoms. The Kier molecular flexibility index (Phi) is 23.6. The van der Waals surface area contributed by atoms with Crippen molar-refractivity contribution in [2.45, 2.75) is 0 Å². The molecule has 17 heteroatoms. The third-order valence-electron chi connectivity index (χ3n) is 7.15. The fourth-order valence-corrected chi connectivity index (χ4v) is 2.87. The Bertz CT molecular complexity index is 537. The molecular formula is C25H54O17. The van der Waals surface area contributed by atoms with Crippen LogP contribution in [0.1, 0.15) is 0 Å². The number of rotatable bonds is 26. The second-order valence-corrected chi connectivity index (χ2v) is 11.2. The van der Waals surface area contributed by atoms with Crippen molar-refractivity contribution < 1.29 is 85.7 Å². The predicted octanol–water partition coefficient (Wildman–Crippen LogP) is -7.15. The number of hydrogen-bond donors (Lipinski definition) is 14. The maximum Gasteiger partial charge on any atom is 0.0632 e. The van der Waals surface area contributed by atoms with Crippen LogP contribution in [0.3, 0.4) is 0 Å². The maximum atomic E-state index is 9.56. The molecule has 0 unspecified atom stereocenters. The smallest absolute Gasteiger partial charge is 0.0632 e. The van der Waals surface area contributed by atoms with E-state index in [9.17, 15) is 40.9 Å². The molecule has 0 atom stereocenters. The number of hydrogen-bond acceptors (Lipinski definition) is 17. The Hall–Kier alpha value is -0.680. The lowest BCUT2D eigenvalue weighted by molar-refractivity contribution is -0.127. The molecule has 0 rings (SSSR count). The van der Waals surface area contributed by atoms with Gasteiger partial charge in [-0.3, -0.25) is 0 Å². The van der Waals surface area contributed by atoms with Gasteiger partial charge < -0.3 is 85.7 Å². The fourth-order valence-electron chi connectivity index (χ4n) is 2.87. The summed E-state index contributed by atoms with van der Waals surface area (Å²) in [6, 6.07) is 0. The minimum Gasteiger partial charge on any atom is -0.396 e. The molecule has 0 saturated heterocycles. The van der Waals surface area contributed by atoms with Crippen LogP contribution in [0.2, 0.25) is 0 Å². The van der Waals surface area contributed by atoms with Crippen LogP contribution in [0.15, 0.2) is 0 Å². The van der Waals surface area contributed by atoms with Gasteiger partial charge in [-0.25, -0.2) is 0 Å². The zero-order valence-corrected chi connectivity index (χ0v) is 24.1. The Labute approximate surface area is 245 Å². The van der Waals surface area contributed by atoms with Crippen LogP contribution in [-0.2, 0) is 14.2 Å². The summed E-state index contributed by atoms with van der Waals surface area (Å²) in [5, 5.41) is 129. The zero-order valence-electron chi connectivity index (χ0n) is 24.1. The van der Waals surface area contributed by atoms with E-state index in [0.29, 0.717) is 0 Å². The van der Waals surface area contributed by atoms with E-state index in [-0.39, 0.29) is 39.6 Å². The second-order valence-electron chi connectivity index (χ2n) is 11.2. The lowest BCUT2D eigenvalue weighted by Crippen LogP contribution is -2.45. The van der Waals surface area contributed by atoms with Crippen LogP contribution in [-0.4, -0.2) is 204 Å². The van der Waals surface area contributed by atoms with E-state index in [0.717, 1.165) is 0 Å². The molecule has 0 aromatic carbocycles. The van der Waals surface area contributed by atoms with Gasteiger partial charge in [-0.15, -0.1) is 0 Å². The van der Waals surface area contributed by atoms with Gasteiger partial charge in [-0.1, -0.05) is 0 Å². The van der Waals surface area contributed by atoms with Gasteiger partial charge in [0.05, 0.1) is 159 Å². The lowest BCUT2D eigenvalue weighted by Gasteiger charge is -2.34. The van der Waals surface area contributed by atoms with Crippen LogP contribution in [0.25, 0.3) is 0 Å². The van der Waals surface area contributed by atoms with Gasteiger partial charge in [0.1, 0.15) is 0 Å². The van der Waals surface area contributed by atoms with Crippen molar-refractivity contribution in [3.63, 3.8) is 0 Å². The highest BCUT2D eigenvalue weighted by atomic mass is 16.5.